The molecular formula is C23H20FN3O. The highest BCUT2D eigenvalue weighted by Gasteiger charge is 2.17. The van der Waals surface area contributed by atoms with Crippen LogP contribution in [0.5, 0.6) is 0 Å². The number of benzene rings is 2. The lowest BCUT2D eigenvalue weighted by atomic mass is 10.0. The lowest BCUT2D eigenvalue weighted by Crippen LogP contribution is -2.16. The molecule has 28 heavy (non-hydrogen) atoms. The third kappa shape index (κ3) is 3.64. The zero-order valence-electron chi connectivity index (χ0n) is 15.7. The van der Waals surface area contributed by atoms with Gasteiger partial charge in [0.2, 0.25) is 5.91 Å². The summed E-state index contributed by atoms with van der Waals surface area (Å²) in [5, 5.41) is 3.00. The Morgan fingerprint density at radius 1 is 1.04 bits per heavy atom. The third-order valence-corrected chi connectivity index (χ3v) is 4.56. The number of rotatable bonds is 4. The molecule has 2 aromatic carbocycles. The molecule has 0 saturated heterocycles. The van der Waals surface area contributed by atoms with Crippen LogP contribution >= 0.6 is 0 Å². The summed E-state index contributed by atoms with van der Waals surface area (Å²) >= 11 is 0. The average Bonchev–Trinajstić information content (AvgIpc) is 3.01. The lowest BCUT2D eigenvalue weighted by Gasteiger charge is -2.09. The summed E-state index contributed by atoms with van der Waals surface area (Å²) < 4.78 is 15.0. The number of anilines is 1. The highest BCUT2D eigenvalue weighted by atomic mass is 19.1. The predicted molar refractivity (Wildman–Crippen MR) is 109 cm³/mol. The molecule has 5 heteroatoms. The predicted octanol–water partition coefficient (Wildman–Crippen LogP) is 4.94. The van der Waals surface area contributed by atoms with Crippen molar-refractivity contribution >= 4 is 17.4 Å². The minimum absolute atomic E-state index is 0.159. The van der Waals surface area contributed by atoms with Gasteiger partial charge in [-0.05, 0) is 55.8 Å². The van der Waals surface area contributed by atoms with Crippen LogP contribution in [0.25, 0.3) is 16.9 Å². The van der Waals surface area contributed by atoms with E-state index in [1.165, 1.54) is 12.1 Å². The molecular weight excluding hydrogens is 353 g/mol. The van der Waals surface area contributed by atoms with Gasteiger partial charge in [0.05, 0.1) is 6.42 Å². The van der Waals surface area contributed by atoms with E-state index in [0.717, 1.165) is 33.6 Å². The van der Waals surface area contributed by atoms with Crippen LogP contribution < -0.4 is 5.32 Å². The topological polar surface area (TPSA) is 46.4 Å². The standard InChI is InChI=1S/C23H20FN3O/c1-15-11-16(2)13-18(12-15)22-23(27-10-4-3-5-20(27)25-22)26-21(28)14-17-6-8-19(24)9-7-17/h3-13H,14H2,1-2H3,(H,26,28). The van der Waals surface area contributed by atoms with Crippen molar-refractivity contribution < 1.29 is 9.18 Å². The minimum Gasteiger partial charge on any atom is -0.310 e. The van der Waals surface area contributed by atoms with Crippen molar-refractivity contribution in [1.82, 2.24) is 9.38 Å². The number of halogens is 1. The van der Waals surface area contributed by atoms with E-state index in [1.54, 1.807) is 12.1 Å². The van der Waals surface area contributed by atoms with Gasteiger partial charge in [-0.2, -0.15) is 0 Å². The van der Waals surface area contributed by atoms with E-state index < -0.39 is 0 Å². The van der Waals surface area contributed by atoms with Crippen LogP contribution in [-0.2, 0) is 11.2 Å². The molecule has 4 nitrogen and oxygen atoms in total. The Bertz CT molecular complexity index is 1140. The number of imidazole rings is 1. The minimum atomic E-state index is -0.317. The van der Waals surface area contributed by atoms with Crippen LogP contribution in [0.3, 0.4) is 0 Å². The summed E-state index contributed by atoms with van der Waals surface area (Å²) in [7, 11) is 0. The van der Waals surface area contributed by atoms with Crippen molar-refractivity contribution in [1.29, 1.82) is 0 Å². The normalized spacial score (nSPS) is 11.0. The van der Waals surface area contributed by atoms with Crippen LogP contribution in [0.4, 0.5) is 10.2 Å². The van der Waals surface area contributed by atoms with Gasteiger partial charge in [0.25, 0.3) is 0 Å². The van der Waals surface area contributed by atoms with Crippen LogP contribution in [0.15, 0.2) is 66.9 Å². The van der Waals surface area contributed by atoms with Crippen molar-refractivity contribution in [2.45, 2.75) is 20.3 Å². The Balaban J connectivity index is 1.72. The lowest BCUT2D eigenvalue weighted by molar-refractivity contribution is -0.115. The van der Waals surface area contributed by atoms with Gasteiger partial charge in [-0.25, -0.2) is 9.37 Å². The molecule has 0 aliphatic rings. The summed E-state index contributed by atoms with van der Waals surface area (Å²) in [5.41, 5.74) is 5.46. The molecule has 1 N–H and O–H groups in total. The number of amides is 1. The first-order chi connectivity index (χ1) is 13.5. The highest BCUT2D eigenvalue weighted by Crippen LogP contribution is 2.30. The van der Waals surface area contributed by atoms with Gasteiger partial charge in [-0.1, -0.05) is 35.4 Å². The summed E-state index contributed by atoms with van der Waals surface area (Å²) in [4.78, 5) is 17.4. The second-order valence-electron chi connectivity index (χ2n) is 6.97. The molecule has 4 aromatic rings. The van der Waals surface area contributed by atoms with Crippen molar-refractivity contribution in [2.75, 3.05) is 5.32 Å². The van der Waals surface area contributed by atoms with Gasteiger partial charge < -0.3 is 5.32 Å². The SMILES string of the molecule is Cc1cc(C)cc(-c2nc3ccccn3c2NC(=O)Cc2ccc(F)cc2)c1. The average molecular weight is 373 g/mol. The second-order valence-corrected chi connectivity index (χ2v) is 6.97. The zero-order valence-corrected chi connectivity index (χ0v) is 15.7. The van der Waals surface area contributed by atoms with E-state index in [1.807, 2.05) is 42.6 Å². The first-order valence-corrected chi connectivity index (χ1v) is 9.09. The quantitative estimate of drug-likeness (QED) is 0.551. The summed E-state index contributed by atoms with van der Waals surface area (Å²) in [6.07, 6.45) is 2.04. The molecule has 1 amide bonds. The molecule has 0 aliphatic heterocycles. The molecule has 0 bridgehead atoms. The Labute approximate surface area is 162 Å². The Kier molecular flexibility index (Phi) is 4.65. The van der Waals surface area contributed by atoms with Gasteiger partial charge in [-0.15, -0.1) is 0 Å². The smallest absolute Gasteiger partial charge is 0.229 e. The maximum Gasteiger partial charge on any atom is 0.229 e. The number of carbonyl (C=O) groups is 1. The number of carbonyl (C=O) groups excluding carboxylic acids is 1. The molecule has 0 spiro atoms. The number of fused-ring (bicyclic) bond motifs is 1. The van der Waals surface area contributed by atoms with Gasteiger partial charge in [-0.3, -0.25) is 9.20 Å². The monoisotopic (exact) mass is 373 g/mol. The molecule has 0 unspecified atom stereocenters. The van der Waals surface area contributed by atoms with Gasteiger partial charge >= 0.3 is 0 Å². The van der Waals surface area contributed by atoms with Crippen LogP contribution in [0.2, 0.25) is 0 Å². The zero-order chi connectivity index (χ0) is 19.7. The second kappa shape index (κ2) is 7.27. The molecule has 0 radical (unpaired) electrons. The highest BCUT2D eigenvalue weighted by molar-refractivity contribution is 5.95. The molecule has 0 atom stereocenters. The number of hydrogen-bond acceptors (Lipinski definition) is 2. The molecule has 0 saturated carbocycles. The van der Waals surface area contributed by atoms with Crippen LogP contribution in [0.1, 0.15) is 16.7 Å². The molecule has 2 aromatic heterocycles. The number of aryl methyl sites for hydroxylation is 2. The van der Waals surface area contributed by atoms with Crippen LogP contribution in [-0.4, -0.2) is 15.3 Å². The molecule has 0 aliphatic carbocycles. The first-order valence-electron chi connectivity index (χ1n) is 9.09. The fourth-order valence-electron chi connectivity index (χ4n) is 3.39. The number of nitrogens with zero attached hydrogens (tertiary/aromatic N) is 2. The van der Waals surface area contributed by atoms with E-state index in [0.29, 0.717) is 5.82 Å². The Morgan fingerprint density at radius 2 is 1.75 bits per heavy atom. The van der Waals surface area contributed by atoms with E-state index in [9.17, 15) is 9.18 Å². The summed E-state index contributed by atoms with van der Waals surface area (Å²) in [6, 6.07) is 17.9. The summed E-state index contributed by atoms with van der Waals surface area (Å²) in [5.74, 6) is 0.138. The van der Waals surface area contributed by atoms with Gasteiger partial charge in [0, 0.05) is 11.8 Å². The van der Waals surface area contributed by atoms with Gasteiger partial charge in [0.1, 0.15) is 23.0 Å². The van der Waals surface area contributed by atoms with Crippen molar-refractivity contribution in [3.8, 4) is 11.3 Å². The maximum absolute atomic E-state index is 13.1. The third-order valence-electron chi connectivity index (χ3n) is 4.56. The van der Waals surface area contributed by atoms with Crippen molar-refractivity contribution in [3.05, 3.63) is 89.4 Å². The molecule has 140 valence electrons. The number of pyridine rings is 1. The van der Waals surface area contributed by atoms with Gasteiger partial charge in [0.15, 0.2) is 0 Å². The fraction of sp³-hybridized carbons (Fsp3) is 0.130. The van der Waals surface area contributed by atoms with Crippen molar-refractivity contribution in [2.24, 2.45) is 0 Å². The van der Waals surface area contributed by atoms with Crippen molar-refractivity contribution in [3.63, 3.8) is 0 Å². The maximum atomic E-state index is 13.1. The number of nitrogens with one attached hydrogen (secondary N) is 1. The number of hydrogen-bond donors (Lipinski definition) is 1. The summed E-state index contributed by atoms with van der Waals surface area (Å²) in [6.45, 7) is 4.08. The molecule has 4 rings (SSSR count). The first kappa shape index (κ1) is 17.9. The van der Waals surface area contributed by atoms with E-state index >= 15 is 0 Å². The van der Waals surface area contributed by atoms with E-state index in [4.69, 9.17) is 4.98 Å². The molecule has 2 heterocycles. The fourth-order valence-corrected chi connectivity index (χ4v) is 3.39. The largest absolute Gasteiger partial charge is 0.310 e. The Hall–Kier alpha value is -3.47. The van der Waals surface area contributed by atoms with E-state index in [2.05, 4.69) is 23.5 Å². The van der Waals surface area contributed by atoms with E-state index in [-0.39, 0.29) is 18.1 Å². The number of aromatic nitrogens is 2. The molecule has 0 fully saturated rings. The van der Waals surface area contributed by atoms with Crippen LogP contribution in [0, 0.1) is 19.7 Å². The Morgan fingerprint density at radius 3 is 2.46 bits per heavy atom.